The van der Waals surface area contributed by atoms with Gasteiger partial charge in [0.1, 0.15) is 0 Å². The largest absolute Gasteiger partial charge is 0.313 e. The lowest BCUT2D eigenvalue weighted by atomic mass is 9.90. The lowest BCUT2D eigenvalue weighted by Crippen LogP contribution is -2.23. The number of nitrogens with one attached hydrogen (secondary N) is 1. The highest BCUT2D eigenvalue weighted by molar-refractivity contribution is 5.01. The van der Waals surface area contributed by atoms with Crippen LogP contribution in [-0.4, -0.2) is 12.6 Å². The number of nitrogens with zero attached hydrogens (tertiary/aromatic N) is 1. The molecule has 1 N–H and O–H groups in total. The van der Waals surface area contributed by atoms with E-state index in [-0.39, 0.29) is 5.41 Å². The quantitative estimate of drug-likeness (QED) is 0.683. The van der Waals surface area contributed by atoms with Gasteiger partial charge in [-0.25, -0.2) is 0 Å². The van der Waals surface area contributed by atoms with Crippen molar-refractivity contribution in [2.24, 2.45) is 10.8 Å². The van der Waals surface area contributed by atoms with Gasteiger partial charge in [-0.2, -0.15) is 5.26 Å². The molecule has 0 spiro atoms. The molecule has 0 amide bonds. The van der Waals surface area contributed by atoms with Crippen LogP contribution in [0.25, 0.3) is 0 Å². The Morgan fingerprint density at radius 1 is 1.50 bits per heavy atom. The van der Waals surface area contributed by atoms with E-state index in [1.165, 1.54) is 6.42 Å². The van der Waals surface area contributed by atoms with E-state index < -0.39 is 0 Å². The average molecular weight is 194 g/mol. The van der Waals surface area contributed by atoms with Gasteiger partial charge in [-0.1, -0.05) is 13.8 Å². The average Bonchev–Trinajstić information content (AvgIpc) is 2.68. The van der Waals surface area contributed by atoms with Crippen LogP contribution in [0.2, 0.25) is 0 Å². The summed E-state index contributed by atoms with van der Waals surface area (Å²) in [5.41, 5.74) is 0.367. The molecule has 2 nitrogen and oxygen atoms in total. The molecule has 1 unspecified atom stereocenters. The summed E-state index contributed by atoms with van der Waals surface area (Å²) >= 11 is 0. The van der Waals surface area contributed by atoms with Crippen molar-refractivity contribution in [3.05, 3.63) is 0 Å². The Bertz CT molecular complexity index is 235. The lowest BCUT2D eigenvalue weighted by molar-refractivity contribution is 0.419. The first-order valence-corrected chi connectivity index (χ1v) is 5.52. The van der Waals surface area contributed by atoms with Gasteiger partial charge in [-0.15, -0.1) is 0 Å². The lowest BCUT2D eigenvalue weighted by Gasteiger charge is -2.14. The predicted molar refractivity (Wildman–Crippen MR) is 58.8 cm³/mol. The number of hydrogen-bond donors (Lipinski definition) is 1. The Balaban J connectivity index is 2.04. The second-order valence-electron chi connectivity index (χ2n) is 5.80. The van der Waals surface area contributed by atoms with Crippen LogP contribution in [0.1, 0.15) is 47.0 Å². The Hall–Kier alpha value is -0.550. The molecular formula is C12H22N2. The normalized spacial score (nSPS) is 24.4. The maximum absolute atomic E-state index is 8.83. The van der Waals surface area contributed by atoms with Crippen molar-refractivity contribution in [1.29, 1.82) is 5.26 Å². The fraction of sp³-hybridized carbons (Fsp3) is 0.917. The number of nitriles is 1. The molecule has 1 atom stereocenters. The fourth-order valence-corrected chi connectivity index (χ4v) is 1.68. The van der Waals surface area contributed by atoms with Gasteiger partial charge in [-0.05, 0) is 45.1 Å². The summed E-state index contributed by atoms with van der Waals surface area (Å²) in [4.78, 5) is 0. The third-order valence-corrected chi connectivity index (χ3v) is 3.19. The Morgan fingerprint density at radius 2 is 2.07 bits per heavy atom. The van der Waals surface area contributed by atoms with E-state index in [2.05, 4.69) is 25.2 Å². The second kappa shape index (κ2) is 3.90. The molecule has 0 aromatic carbocycles. The van der Waals surface area contributed by atoms with Gasteiger partial charge in [-0.3, -0.25) is 0 Å². The van der Waals surface area contributed by atoms with Gasteiger partial charge in [0.05, 0.1) is 11.5 Å². The maximum atomic E-state index is 8.83. The van der Waals surface area contributed by atoms with Crippen molar-refractivity contribution >= 4 is 0 Å². The molecule has 80 valence electrons. The third-order valence-electron chi connectivity index (χ3n) is 3.19. The van der Waals surface area contributed by atoms with E-state index in [4.69, 9.17) is 5.26 Å². The van der Waals surface area contributed by atoms with Crippen molar-refractivity contribution in [1.82, 2.24) is 5.32 Å². The summed E-state index contributed by atoms with van der Waals surface area (Å²) in [5.74, 6) is 0. The van der Waals surface area contributed by atoms with Gasteiger partial charge in [0, 0.05) is 6.04 Å². The molecule has 0 aromatic heterocycles. The highest BCUT2D eigenvalue weighted by atomic mass is 15.0. The molecule has 0 heterocycles. The molecule has 0 radical (unpaired) electrons. The van der Waals surface area contributed by atoms with Gasteiger partial charge >= 0.3 is 0 Å². The Kier molecular flexibility index (Phi) is 3.21. The maximum Gasteiger partial charge on any atom is 0.0683 e. The molecule has 1 fully saturated rings. The Morgan fingerprint density at radius 3 is 2.50 bits per heavy atom. The highest BCUT2D eigenvalue weighted by Crippen LogP contribution is 2.44. The first kappa shape index (κ1) is 11.5. The van der Waals surface area contributed by atoms with Crippen LogP contribution in [0, 0.1) is 22.2 Å². The molecular weight excluding hydrogens is 172 g/mol. The van der Waals surface area contributed by atoms with Crippen LogP contribution in [0.5, 0.6) is 0 Å². The molecule has 0 aliphatic heterocycles. The van der Waals surface area contributed by atoms with Crippen molar-refractivity contribution in [2.45, 2.75) is 53.0 Å². The SMILES string of the molecule is CC(C)(C#N)CCCNC1CC1(C)C. The highest BCUT2D eigenvalue weighted by Gasteiger charge is 2.44. The van der Waals surface area contributed by atoms with Crippen molar-refractivity contribution in [3.63, 3.8) is 0 Å². The zero-order valence-corrected chi connectivity index (χ0v) is 9.85. The third kappa shape index (κ3) is 3.31. The van der Waals surface area contributed by atoms with Gasteiger partial charge < -0.3 is 5.32 Å². The molecule has 0 bridgehead atoms. The molecule has 1 rings (SSSR count). The van der Waals surface area contributed by atoms with Crippen LogP contribution >= 0.6 is 0 Å². The minimum Gasteiger partial charge on any atom is -0.313 e. The number of hydrogen-bond acceptors (Lipinski definition) is 2. The molecule has 1 saturated carbocycles. The Labute approximate surface area is 87.7 Å². The van der Waals surface area contributed by atoms with Gasteiger partial charge in [0.15, 0.2) is 0 Å². The van der Waals surface area contributed by atoms with E-state index >= 15 is 0 Å². The second-order valence-corrected chi connectivity index (χ2v) is 5.80. The summed E-state index contributed by atoms with van der Waals surface area (Å²) < 4.78 is 0. The van der Waals surface area contributed by atoms with Gasteiger partial charge in [0.25, 0.3) is 0 Å². The van der Waals surface area contributed by atoms with Crippen LogP contribution < -0.4 is 5.32 Å². The van der Waals surface area contributed by atoms with Crippen LogP contribution in [0.3, 0.4) is 0 Å². The van der Waals surface area contributed by atoms with E-state index in [1.807, 2.05) is 13.8 Å². The van der Waals surface area contributed by atoms with Crippen molar-refractivity contribution < 1.29 is 0 Å². The summed E-state index contributed by atoms with van der Waals surface area (Å²) in [6.45, 7) is 9.66. The minimum absolute atomic E-state index is 0.152. The monoisotopic (exact) mass is 194 g/mol. The minimum atomic E-state index is -0.152. The number of rotatable bonds is 5. The molecule has 0 aromatic rings. The topological polar surface area (TPSA) is 35.8 Å². The molecule has 1 aliphatic carbocycles. The van der Waals surface area contributed by atoms with Crippen molar-refractivity contribution in [3.8, 4) is 6.07 Å². The molecule has 14 heavy (non-hydrogen) atoms. The smallest absolute Gasteiger partial charge is 0.0683 e. The van der Waals surface area contributed by atoms with E-state index in [9.17, 15) is 0 Å². The standard InChI is InChI=1S/C12H22N2/c1-11(2,9-13)6-5-7-14-10-8-12(10,3)4/h10,14H,5-8H2,1-4H3. The summed E-state index contributed by atoms with van der Waals surface area (Å²) in [7, 11) is 0. The van der Waals surface area contributed by atoms with Crippen LogP contribution in [-0.2, 0) is 0 Å². The summed E-state index contributed by atoms with van der Waals surface area (Å²) in [6, 6.07) is 3.05. The fourth-order valence-electron chi connectivity index (χ4n) is 1.68. The zero-order chi connectivity index (χ0) is 10.8. The van der Waals surface area contributed by atoms with Gasteiger partial charge in [0.2, 0.25) is 0 Å². The molecule has 1 aliphatic rings. The van der Waals surface area contributed by atoms with Crippen LogP contribution in [0.15, 0.2) is 0 Å². The summed E-state index contributed by atoms with van der Waals surface area (Å²) in [5, 5.41) is 12.4. The predicted octanol–water partition coefficient (Wildman–Crippen LogP) is 2.70. The van der Waals surface area contributed by atoms with E-state index in [0.717, 1.165) is 19.4 Å². The summed E-state index contributed by atoms with van der Waals surface area (Å²) in [6.07, 6.45) is 3.39. The first-order valence-electron chi connectivity index (χ1n) is 5.52. The molecule has 0 saturated heterocycles. The van der Waals surface area contributed by atoms with Crippen molar-refractivity contribution in [2.75, 3.05) is 6.54 Å². The zero-order valence-electron chi connectivity index (χ0n) is 9.85. The molecule has 2 heteroatoms. The first-order chi connectivity index (χ1) is 6.37. The van der Waals surface area contributed by atoms with E-state index in [1.54, 1.807) is 0 Å². The van der Waals surface area contributed by atoms with E-state index in [0.29, 0.717) is 11.5 Å². The van der Waals surface area contributed by atoms with Crippen LogP contribution in [0.4, 0.5) is 0 Å².